The SMILES string of the molecule is CC(Nc1cccc(Cl)c1)c1ccc(-n2ccnc2)cc1. The van der Waals surface area contributed by atoms with E-state index in [0.29, 0.717) is 0 Å². The van der Waals surface area contributed by atoms with Crippen molar-refractivity contribution >= 4 is 17.3 Å². The largest absolute Gasteiger partial charge is 0.378 e. The first-order valence-electron chi connectivity index (χ1n) is 6.83. The van der Waals surface area contributed by atoms with Gasteiger partial charge in [0.05, 0.1) is 6.33 Å². The molecule has 0 aliphatic carbocycles. The van der Waals surface area contributed by atoms with Crippen LogP contribution in [0.4, 0.5) is 5.69 Å². The van der Waals surface area contributed by atoms with Gasteiger partial charge in [-0.2, -0.15) is 0 Å². The molecule has 1 heterocycles. The number of hydrogen-bond acceptors (Lipinski definition) is 2. The molecular formula is C17H16ClN3. The molecule has 0 aliphatic heterocycles. The smallest absolute Gasteiger partial charge is 0.0991 e. The van der Waals surface area contributed by atoms with E-state index in [0.717, 1.165) is 16.4 Å². The van der Waals surface area contributed by atoms with Gasteiger partial charge in [-0.3, -0.25) is 0 Å². The van der Waals surface area contributed by atoms with Crippen LogP contribution in [0.25, 0.3) is 5.69 Å². The summed E-state index contributed by atoms with van der Waals surface area (Å²) >= 11 is 6.00. The summed E-state index contributed by atoms with van der Waals surface area (Å²) in [6.45, 7) is 2.13. The lowest BCUT2D eigenvalue weighted by Gasteiger charge is -2.16. The molecule has 0 saturated carbocycles. The van der Waals surface area contributed by atoms with Crippen LogP contribution in [0.3, 0.4) is 0 Å². The topological polar surface area (TPSA) is 29.9 Å². The van der Waals surface area contributed by atoms with Gasteiger partial charge in [0.1, 0.15) is 0 Å². The molecule has 2 aromatic carbocycles. The molecule has 0 aliphatic rings. The van der Waals surface area contributed by atoms with Gasteiger partial charge < -0.3 is 9.88 Å². The lowest BCUT2D eigenvalue weighted by atomic mass is 10.1. The Kier molecular flexibility index (Phi) is 3.93. The summed E-state index contributed by atoms with van der Waals surface area (Å²) in [5.74, 6) is 0. The lowest BCUT2D eigenvalue weighted by Crippen LogP contribution is -2.06. The van der Waals surface area contributed by atoms with Gasteiger partial charge in [0.25, 0.3) is 0 Å². The maximum absolute atomic E-state index is 6.00. The van der Waals surface area contributed by atoms with Crippen LogP contribution in [-0.4, -0.2) is 9.55 Å². The summed E-state index contributed by atoms with van der Waals surface area (Å²) in [5, 5.41) is 4.19. The Bertz CT molecular complexity index is 705. The normalized spacial score (nSPS) is 12.1. The number of nitrogens with zero attached hydrogens (tertiary/aromatic N) is 2. The number of benzene rings is 2. The van der Waals surface area contributed by atoms with Crippen LogP contribution >= 0.6 is 11.6 Å². The zero-order valence-electron chi connectivity index (χ0n) is 11.7. The second kappa shape index (κ2) is 6.02. The van der Waals surface area contributed by atoms with E-state index in [4.69, 9.17) is 11.6 Å². The van der Waals surface area contributed by atoms with Crippen molar-refractivity contribution in [3.8, 4) is 5.69 Å². The molecule has 4 heteroatoms. The number of halogens is 1. The van der Waals surface area contributed by atoms with Gasteiger partial charge in [0, 0.05) is 34.8 Å². The second-order valence-electron chi connectivity index (χ2n) is 4.94. The first-order valence-corrected chi connectivity index (χ1v) is 7.20. The highest BCUT2D eigenvalue weighted by molar-refractivity contribution is 6.30. The highest BCUT2D eigenvalue weighted by atomic mass is 35.5. The molecule has 106 valence electrons. The first-order chi connectivity index (χ1) is 10.2. The Morgan fingerprint density at radius 3 is 2.62 bits per heavy atom. The zero-order chi connectivity index (χ0) is 14.7. The molecule has 21 heavy (non-hydrogen) atoms. The third kappa shape index (κ3) is 3.26. The van der Waals surface area contributed by atoms with Gasteiger partial charge in [0.15, 0.2) is 0 Å². The summed E-state index contributed by atoms with van der Waals surface area (Å²) in [5.41, 5.74) is 3.35. The van der Waals surface area contributed by atoms with Crippen molar-refractivity contribution < 1.29 is 0 Å². The third-order valence-electron chi connectivity index (χ3n) is 3.40. The van der Waals surface area contributed by atoms with Crippen LogP contribution in [0.2, 0.25) is 5.02 Å². The van der Waals surface area contributed by atoms with Crippen LogP contribution in [0.1, 0.15) is 18.5 Å². The predicted octanol–water partition coefficient (Wildman–Crippen LogP) is 4.70. The molecule has 0 spiro atoms. The van der Waals surface area contributed by atoms with Gasteiger partial charge in [-0.05, 0) is 42.8 Å². The standard InChI is InChI=1S/C17H16ClN3/c1-13(20-16-4-2-3-15(18)11-16)14-5-7-17(8-6-14)21-10-9-19-12-21/h2-13,20H,1H3. The molecule has 1 unspecified atom stereocenters. The second-order valence-corrected chi connectivity index (χ2v) is 5.37. The molecule has 0 radical (unpaired) electrons. The quantitative estimate of drug-likeness (QED) is 0.756. The van der Waals surface area contributed by atoms with Gasteiger partial charge in [-0.25, -0.2) is 4.98 Å². The number of nitrogens with one attached hydrogen (secondary N) is 1. The summed E-state index contributed by atoms with van der Waals surface area (Å²) in [7, 11) is 0. The van der Waals surface area contributed by atoms with Crippen molar-refractivity contribution in [2.45, 2.75) is 13.0 Å². The van der Waals surface area contributed by atoms with E-state index in [1.165, 1.54) is 5.56 Å². The fourth-order valence-electron chi connectivity index (χ4n) is 2.26. The number of hydrogen-bond donors (Lipinski definition) is 1. The summed E-state index contributed by atoms with van der Waals surface area (Å²) in [4.78, 5) is 4.06. The Labute approximate surface area is 129 Å². The predicted molar refractivity (Wildman–Crippen MR) is 87.1 cm³/mol. The number of aromatic nitrogens is 2. The monoisotopic (exact) mass is 297 g/mol. The van der Waals surface area contributed by atoms with Gasteiger partial charge in [-0.15, -0.1) is 0 Å². The molecule has 0 bridgehead atoms. The Morgan fingerprint density at radius 1 is 1.14 bits per heavy atom. The molecule has 0 saturated heterocycles. The minimum atomic E-state index is 0.209. The van der Waals surface area contributed by atoms with Crippen molar-refractivity contribution in [2.75, 3.05) is 5.32 Å². The van der Waals surface area contributed by atoms with E-state index in [2.05, 4.69) is 41.5 Å². The number of anilines is 1. The van der Waals surface area contributed by atoms with E-state index in [-0.39, 0.29) is 6.04 Å². The number of imidazole rings is 1. The molecule has 0 amide bonds. The van der Waals surface area contributed by atoms with Crippen LogP contribution < -0.4 is 5.32 Å². The fraction of sp³-hybridized carbons (Fsp3) is 0.118. The fourth-order valence-corrected chi connectivity index (χ4v) is 2.45. The van der Waals surface area contributed by atoms with Crippen LogP contribution in [-0.2, 0) is 0 Å². The number of rotatable bonds is 4. The average molecular weight is 298 g/mol. The van der Waals surface area contributed by atoms with Gasteiger partial charge in [0.2, 0.25) is 0 Å². The molecule has 3 nitrogen and oxygen atoms in total. The van der Waals surface area contributed by atoms with E-state index in [1.807, 2.05) is 35.0 Å². The molecule has 3 rings (SSSR count). The molecule has 1 aromatic heterocycles. The van der Waals surface area contributed by atoms with Crippen molar-refractivity contribution in [1.82, 2.24) is 9.55 Å². The van der Waals surface area contributed by atoms with Crippen LogP contribution in [0.15, 0.2) is 67.3 Å². The van der Waals surface area contributed by atoms with Gasteiger partial charge >= 0.3 is 0 Å². The lowest BCUT2D eigenvalue weighted by molar-refractivity contribution is 0.883. The van der Waals surface area contributed by atoms with Crippen molar-refractivity contribution in [3.05, 3.63) is 77.8 Å². The molecule has 0 fully saturated rings. The van der Waals surface area contributed by atoms with E-state index in [1.54, 1.807) is 12.5 Å². The maximum atomic E-state index is 6.00. The molecule has 1 atom stereocenters. The van der Waals surface area contributed by atoms with Crippen molar-refractivity contribution in [1.29, 1.82) is 0 Å². The van der Waals surface area contributed by atoms with Crippen molar-refractivity contribution in [3.63, 3.8) is 0 Å². The minimum absolute atomic E-state index is 0.209. The van der Waals surface area contributed by atoms with E-state index >= 15 is 0 Å². The van der Waals surface area contributed by atoms with Crippen LogP contribution in [0, 0.1) is 0 Å². The summed E-state index contributed by atoms with van der Waals surface area (Å²) in [6, 6.07) is 16.4. The molecule has 3 aromatic rings. The minimum Gasteiger partial charge on any atom is -0.378 e. The van der Waals surface area contributed by atoms with Crippen molar-refractivity contribution in [2.24, 2.45) is 0 Å². The highest BCUT2D eigenvalue weighted by Crippen LogP contribution is 2.22. The Balaban J connectivity index is 1.74. The van der Waals surface area contributed by atoms with Crippen LogP contribution in [0.5, 0.6) is 0 Å². The zero-order valence-corrected chi connectivity index (χ0v) is 12.5. The molecular weight excluding hydrogens is 282 g/mol. The first kappa shape index (κ1) is 13.7. The highest BCUT2D eigenvalue weighted by Gasteiger charge is 2.06. The summed E-state index contributed by atoms with van der Waals surface area (Å²) in [6.07, 6.45) is 5.50. The van der Waals surface area contributed by atoms with E-state index in [9.17, 15) is 0 Å². The third-order valence-corrected chi connectivity index (χ3v) is 3.64. The van der Waals surface area contributed by atoms with E-state index < -0.39 is 0 Å². The Hall–Kier alpha value is -2.26. The van der Waals surface area contributed by atoms with Gasteiger partial charge in [-0.1, -0.05) is 29.8 Å². The average Bonchev–Trinajstić information content (AvgIpc) is 3.01. The maximum Gasteiger partial charge on any atom is 0.0991 e. The molecule has 1 N–H and O–H groups in total. The summed E-state index contributed by atoms with van der Waals surface area (Å²) < 4.78 is 1.98. The Morgan fingerprint density at radius 2 is 1.95 bits per heavy atom.